The van der Waals surface area contributed by atoms with E-state index in [4.69, 9.17) is 9.47 Å². The first-order valence-electron chi connectivity index (χ1n) is 9.09. The van der Waals surface area contributed by atoms with Gasteiger partial charge in [0.1, 0.15) is 23.7 Å². The molecule has 0 unspecified atom stereocenters. The van der Waals surface area contributed by atoms with Crippen molar-refractivity contribution in [1.29, 1.82) is 0 Å². The van der Waals surface area contributed by atoms with E-state index in [1.165, 1.54) is 0 Å². The first-order chi connectivity index (χ1) is 12.7. The first-order valence-corrected chi connectivity index (χ1v) is 9.09. The third-order valence-corrected chi connectivity index (χ3v) is 4.00. The maximum Gasteiger partial charge on any atom is 0.135 e. The molecule has 0 bridgehead atoms. The van der Waals surface area contributed by atoms with Crippen molar-refractivity contribution in [2.45, 2.75) is 20.0 Å². The van der Waals surface area contributed by atoms with Crippen molar-refractivity contribution in [1.82, 2.24) is 14.9 Å². The average Bonchev–Trinajstić information content (AvgIpc) is 2.64. The van der Waals surface area contributed by atoms with Crippen LogP contribution >= 0.6 is 0 Å². The van der Waals surface area contributed by atoms with E-state index in [0.29, 0.717) is 0 Å². The Labute approximate surface area is 154 Å². The lowest BCUT2D eigenvalue weighted by Gasteiger charge is -2.26. The number of hydrogen-bond acceptors (Lipinski definition) is 7. The molecular weight excluding hydrogens is 330 g/mol. The molecule has 140 valence electrons. The Balaban J connectivity index is 1.50. The maximum atomic E-state index is 5.66. The van der Waals surface area contributed by atoms with E-state index in [1.807, 2.05) is 44.2 Å². The van der Waals surface area contributed by atoms with Gasteiger partial charge in [-0.1, -0.05) is 0 Å². The van der Waals surface area contributed by atoms with Gasteiger partial charge < -0.3 is 20.1 Å². The topological polar surface area (TPSA) is 71.5 Å². The van der Waals surface area contributed by atoms with Crippen LogP contribution in [0.15, 0.2) is 36.7 Å². The summed E-state index contributed by atoms with van der Waals surface area (Å²) in [5, 5.41) is 6.65. The first kappa shape index (κ1) is 18.4. The van der Waals surface area contributed by atoms with Crippen molar-refractivity contribution < 1.29 is 9.47 Å². The van der Waals surface area contributed by atoms with Gasteiger partial charge in [0.05, 0.1) is 19.3 Å². The number of anilines is 3. The summed E-state index contributed by atoms with van der Waals surface area (Å²) in [5.41, 5.74) is 0.957. The number of morpholine rings is 1. The molecule has 1 aliphatic heterocycles. The van der Waals surface area contributed by atoms with E-state index in [-0.39, 0.29) is 6.10 Å². The summed E-state index contributed by atoms with van der Waals surface area (Å²) >= 11 is 0. The van der Waals surface area contributed by atoms with E-state index in [9.17, 15) is 0 Å². The quantitative estimate of drug-likeness (QED) is 0.753. The molecule has 7 heteroatoms. The van der Waals surface area contributed by atoms with Crippen LogP contribution in [0.3, 0.4) is 0 Å². The van der Waals surface area contributed by atoms with Gasteiger partial charge in [0.15, 0.2) is 0 Å². The van der Waals surface area contributed by atoms with Crippen LogP contribution in [0.2, 0.25) is 0 Å². The number of rotatable bonds is 8. The van der Waals surface area contributed by atoms with Gasteiger partial charge in [0.2, 0.25) is 0 Å². The van der Waals surface area contributed by atoms with Gasteiger partial charge in [-0.05, 0) is 38.1 Å². The van der Waals surface area contributed by atoms with E-state index < -0.39 is 0 Å². The highest BCUT2D eigenvalue weighted by Crippen LogP contribution is 2.20. The minimum absolute atomic E-state index is 0.168. The largest absolute Gasteiger partial charge is 0.491 e. The molecule has 1 aliphatic rings. The SMILES string of the molecule is CC(C)Oc1ccc(Nc2cc(NCCN3CCOCC3)ncn2)cc1. The van der Waals surface area contributed by atoms with Crippen LogP contribution in [0, 0.1) is 0 Å². The predicted molar refractivity (Wildman–Crippen MR) is 103 cm³/mol. The minimum atomic E-state index is 0.168. The number of aromatic nitrogens is 2. The molecule has 7 nitrogen and oxygen atoms in total. The van der Waals surface area contributed by atoms with Gasteiger partial charge in [0.25, 0.3) is 0 Å². The zero-order chi connectivity index (χ0) is 18.2. The zero-order valence-corrected chi connectivity index (χ0v) is 15.4. The van der Waals surface area contributed by atoms with E-state index in [1.54, 1.807) is 6.33 Å². The highest BCUT2D eigenvalue weighted by Gasteiger charge is 2.09. The summed E-state index contributed by atoms with van der Waals surface area (Å²) in [5.74, 6) is 2.43. The number of nitrogens with one attached hydrogen (secondary N) is 2. The molecule has 0 aliphatic carbocycles. The summed E-state index contributed by atoms with van der Waals surface area (Å²) in [7, 11) is 0. The fourth-order valence-electron chi connectivity index (χ4n) is 2.73. The van der Waals surface area contributed by atoms with Crippen LogP contribution in [0.1, 0.15) is 13.8 Å². The normalized spacial score (nSPS) is 15.0. The lowest BCUT2D eigenvalue weighted by molar-refractivity contribution is 0.0398. The van der Waals surface area contributed by atoms with Crippen molar-refractivity contribution in [3.05, 3.63) is 36.7 Å². The molecule has 26 heavy (non-hydrogen) atoms. The third kappa shape index (κ3) is 5.86. The van der Waals surface area contributed by atoms with Crippen LogP contribution in [-0.2, 0) is 4.74 Å². The molecule has 1 aromatic carbocycles. The van der Waals surface area contributed by atoms with Crippen molar-refractivity contribution >= 4 is 17.3 Å². The van der Waals surface area contributed by atoms with Gasteiger partial charge in [0, 0.05) is 37.9 Å². The lowest BCUT2D eigenvalue weighted by atomic mass is 10.3. The van der Waals surface area contributed by atoms with Crippen molar-refractivity contribution in [3.8, 4) is 5.75 Å². The predicted octanol–water partition coefficient (Wildman–Crippen LogP) is 2.75. The van der Waals surface area contributed by atoms with E-state index >= 15 is 0 Å². The molecule has 1 fully saturated rings. The standard InChI is InChI=1S/C19H27N5O2/c1-15(2)26-17-5-3-16(4-6-17)23-19-13-18(21-14-22-19)20-7-8-24-9-11-25-12-10-24/h3-6,13-15H,7-12H2,1-2H3,(H2,20,21,22,23). The smallest absolute Gasteiger partial charge is 0.135 e. The monoisotopic (exact) mass is 357 g/mol. The average molecular weight is 357 g/mol. The zero-order valence-electron chi connectivity index (χ0n) is 15.4. The third-order valence-electron chi connectivity index (χ3n) is 4.00. The summed E-state index contributed by atoms with van der Waals surface area (Å²) in [6.45, 7) is 9.49. The van der Waals surface area contributed by atoms with Crippen LogP contribution in [0.4, 0.5) is 17.3 Å². The maximum absolute atomic E-state index is 5.66. The Morgan fingerprint density at radius 1 is 1.12 bits per heavy atom. The summed E-state index contributed by atoms with van der Waals surface area (Å²) < 4.78 is 11.0. The van der Waals surface area contributed by atoms with E-state index in [0.717, 1.165) is 62.5 Å². The highest BCUT2D eigenvalue weighted by molar-refractivity contribution is 5.59. The second-order valence-corrected chi connectivity index (χ2v) is 6.49. The van der Waals surface area contributed by atoms with Crippen LogP contribution < -0.4 is 15.4 Å². The number of nitrogens with zero attached hydrogens (tertiary/aromatic N) is 3. The summed E-state index contributed by atoms with van der Waals surface area (Å²) in [6.07, 6.45) is 1.73. The number of hydrogen-bond donors (Lipinski definition) is 2. The van der Waals surface area contributed by atoms with Gasteiger partial charge in [-0.15, -0.1) is 0 Å². The lowest BCUT2D eigenvalue weighted by Crippen LogP contribution is -2.39. The Morgan fingerprint density at radius 3 is 2.58 bits per heavy atom. The van der Waals surface area contributed by atoms with Gasteiger partial charge in [-0.2, -0.15) is 0 Å². The molecular formula is C19H27N5O2. The molecule has 0 amide bonds. The number of benzene rings is 1. The second kappa shape index (κ2) is 9.35. The molecule has 0 radical (unpaired) electrons. The second-order valence-electron chi connectivity index (χ2n) is 6.49. The minimum Gasteiger partial charge on any atom is -0.491 e. The van der Waals surface area contributed by atoms with Crippen LogP contribution in [0.25, 0.3) is 0 Å². The Kier molecular flexibility index (Phi) is 6.62. The summed E-state index contributed by atoms with van der Waals surface area (Å²) in [4.78, 5) is 11.0. The Bertz CT molecular complexity index is 672. The van der Waals surface area contributed by atoms with Gasteiger partial charge in [-0.3, -0.25) is 4.90 Å². The molecule has 2 aromatic rings. The van der Waals surface area contributed by atoms with Crippen molar-refractivity contribution in [2.75, 3.05) is 50.0 Å². The van der Waals surface area contributed by atoms with Crippen molar-refractivity contribution in [2.24, 2.45) is 0 Å². The molecule has 0 saturated carbocycles. The van der Waals surface area contributed by atoms with Gasteiger partial charge in [-0.25, -0.2) is 9.97 Å². The highest BCUT2D eigenvalue weighted by atomic mass is 16.5. The Hall–Kier alpha value is -2.38. The molecule has 1 aromatic heterocycles. The molecule has 2 heterocycles. The van der Waals surface area contributed by atoms with E-state index in [2.05, 4.69) is 25.5 Å². The van der Waals surface area contributed by atoms with Crippen LogP contribution in [-0.4, -0.2) is 60.4 Å². The molecule has 3 rings (SSSR count). The van der Waals surface area contributed by atoms with Gasteiger partial charge >= 0.3 is 0 Å². The Morgan fingerprint density at radius 2 is 1.85 bits per heavy atom. The fourth-order valence-corrected chi connectivity index (χ4v) is 2.73. The fraction of sp³-hybridized carbons (Fsp3) is 0.474. The molecule has 0 atom stereocenters. The number of ether oxygens (including phenoxy) is 2. The van der Waals surface area contributed by atoms with Crippen LogP contribution in [0.5, 0.6) is 5.75 Å². The van der Waals surface area contributed by atoms with Crippen molar-refractivity contribution in [3.63, 3.8) is 0 Å². The molecule has 2 N–H and O–H groups in total. The molecule has 0 spiro atoms. The summed E-state index contributed by atoms with van der Waals surface area (Å²) in [6, 6.07) is 9.77. The molecule has 1 saturated heterocycles.